The molecule has 40 heteroatoms. The van der Waals surface area contributed by atoms with Crippen molar-refractivity contribution in [3.8, 4) is 0 Å². The van der Waals surface area contributed by atoms with Crippen LogP contribution in [0.3, 0.4) is 0 Å². The average Bonchev–Trinajstić information content (AvgIpc) is 2.83. The molecule has 1 atom stereocenters. The monoisotopic (exact) mass is 930 g/mol. The van der Waals surface area contributed by atoms with Gasteiger partial charge in [0.25, 0.3) is 6.36 Å². The van der Waals surface area contributed by atoms with Gasteiger partial charge in [0.1, 0.15) is 0 Å². The Bertz CT molecular complexity index is 1340. The molecule has 56 heavy (non-hydrogen) atoms. The summed E-state index contributed by atoms with van der Waals surface area (Å²) >= 11 is 0. The van der Waals surface area contributed by atoms with Gasteiger partial charge < -0.3 is 5.11 Å². The van der Waals surface area contributed by atoms with Crippen LogP contribution in [0.4, 0.5) is 140 Å². The minimum absolute atomic E-state index is 0.983. The number of hydrogen-bond acceptors (Lipinski definition) is 8. The fraction of sp³-hybridized carbons (Fsp3) is 1.00. The first kappa shape index (κ1) is 53.4. The van der Waals surface area contributed by atoms with E-state index >= 15 is 0 Å². The van der Waals surface area contributed by atoms with Gasteiger partial charge in [0.15, 0.2) is 0 Å². The summed E-state index contributed by atoms with van der Waals surface area (Å²) in [5, 5.41) is 7.71. The van der Waals surface area contributed by atoms with Gasteiger partial charge in [0, 0.05) is 0 Å². The number of halogens is 32. The zero-order valence-corrected chi connectivity index (χ0v) is 23.5. The molecule has 0 heterocycles. The highest BCUT2D eigenvalue weighted by Crippen LogP contribution is 2.55. The Morgan fingerprint density at radius 2 is 0.357 bits per heavy atom. The molecule has 0 bridgehead atoms. The van der Waals surface area contributed by atoms with Gasteiger partial charge in [0.05, 0.1) is 0 Å². The lowest BCUT2D eigenvalue weighted by Crippen LogP contribution is -2.62. The third-order valence-electron chi connectivity index (χ3n) is 4.44. The topological polar surface area (TPSA) is 84.8 Å². The first-order valence-electron chi connectivity index (χ1n) is 11.2. The Morgan fingerprint density at radius 1 is 0.232 bits per heavy atom. The maximum atomic E-state index is 13.5. The number of aliphatic hydroxyl groups excluding tert-OH is 1. The van der Waals surface area contributed by atoms with Crippen molar-refractivity contribution >= 4 is 0 Å². The number of hydrogen-bond donors (Lipinski definition) is 1. The summed E-state index contributed by atoms with van der Waals surface area (Å²) in [5.74, 6) is 0. The molecular weight excluding hydrogens is 928 g/mol. The van der Waals surface area contributed by atoms with E-state index in [1.807, 2.05) is 0 Å². The molecule has 8 nitrogen and oxygen atoms in total. The lowest BCUT2D eigenvalue weighted by molar-refractivity contribution is -0.599. The van der Waals surface area contributed by atoms with E-state index in [4.69, 9.17) is 5.11 Å². The number of aliphatic hydroxyl groups is 1. The number of rotatable bonds is 21. The zero-order valence-electron chi connectivity index (χ0n) is 23.5. The van der Waals surface area contributed by atoms with Crippen LogP contribution in [0.2, 0.25) is 0 Å². The fourth-order valence-corrected chi connectivity index (χ4v) is 1.96. The molecule has 0 radical (unpaired) electrons. The summed E-state index contributed by atoms with van der Waals surface area (Å²) < 4.78 is 425. The van der Waals surface area contributed by atoms with Crippen molar-refractivity contribution < 1.29 is 179 Å². The lowest BCUT2D eigenvalue weighted by Gasteiger charge is -2.37. The van der Waals surface area contributed by atoms with E-state index in [2.05, 4.69) is 0 Å². The molecule has 0 saturated carbocycles. The Balaban J connectivity index is 6.41. The smallest absolute Gasteiger partial charge is 0.357 e. The SMILES string of the molecule is OC(F)C(F)(F)OC(F)(F)C(F)(F)OC(F)(F)C(F)(F)OC(F)(F)C(F)(F)OC(F)(F)C(F)(F)OC(F)(F)C(F)(F)OC(F)(F)C(F)(F)OC(F)(F)C(F)(F)F. The summed E-state index contributed by atoms with van der Waals surface area (Å²) in [4.78, 5) is 0. The second kappa shape index (κ2) is 14.6. The lowest BCUT2D eigenvalue weighted by atomic mass is 10.4. The fourth-order valence-electron chi connectivity index (χ4n) is 1.96. The van der Waals surface area contributed by atoms with Crippen molar-refractivity contribution in [2.24, 2.45) is 0 Å². The van der Waals surface area contributed by atoms with Crippen LogP contribution in [0.25, 0.3) is 0 Å². The minimum atomic E-state index is -8.47. The van der Waals surface area contributed by atoms with Crippen LogP contribution in [0.15, 0.2) is 0 Å². The Labute approximate surface area is 278 Å². The van der Waals surface area contributed by atoms with Crippen molar-refractivity contribution in [3.63, 3.8) is 0 Å². The van der Waals surface area contributed by atoms with Gasteiger partial charge in [-0.05, 0) is 0 Å². The van der Waals surface area contributed by atoms with Gasteiger partial charge in [-0.25, -0.2) is 37.5 Å². The van der Waals surface area contributed by atoms with Gasteiger partial charge >= 0.3 is 91.7 Å². The number of alkyl halides is 32. The maximum Gasteiger partial charge on any atom is 0.483 e. The van der Waals surface area contributed by atoms with E-state index in [-0.39, 0.29) is 0 Å². The Kier molecular flexibility index (Phi) is 13.9. The van der Waals surface area contributed by atoms with Gasteiger partial charge in [-0.1, -0.05) is 0 Å². The Morgan fingerprint density at radius 3 is 0.482 bits per heavy atom. The second-order valence-corrected chi connectivity index (χ2v) is 8.83. The summed E-state index contributed by atoms with van der Waals surface area (Å²) in [7, 11) is 0. The van der Waals surface area contributed by atoms with Crippen molar-refractivity contribution in [2.45, 2.75) is 98.1 Å². The van der Waals surface area contributed by atoms with Crippen molar-refractivity contribution in [1.82, 2.24) is 0 Å². The first-order valence-corrected chi connectivity index (χ1v) is 11.2. The van der Waals surface area contributed by atoms with E-state index < -0.39 is 98.1 Å². The Hall–Kier alpha value is -2.56. The van der Waals surface area contributed by atoms with Gasteiger partial charge in [-0.15, -0.1) is 0 Å². The predicted octanol–water partition coefficient (Wildman–Crippen LogP) is 9.25. The van der Waals surface area contributed by atoms with Crippen LogP contribution in [-0.2, 0) is 33.2 Å². The molecular formula is C16H2F32O8. The molecule has 0 aliphatic carbocycles. The largest absolute Gasteiger partial charge is 0.483 e. The standard InChI is InChI=1S/C16H2F32O8/c17-1(49)2(18,19)50-5(25,26)6(27,28)52-9(33,34)10(35,36)54-13(41,42)14(43,44)56-16(47,48)15(45,46)55-12(39,40)11(37,38)53-8(31,32)7(29,30)51-4(23,24)3(20,21)22/h1,49H. The van der Waals surface area contributed by atoms with Crippen LogP contribution in [0.5, 0.6) is 0 Å². The molecule has 0 fully saturated rings. The summed E-state index contributed by atoms with van der Waals surface area (Å²) in [6.45, 7) is 0. The first-order chi connectivity index (χ1) is 23.6. The molecule has 338 valence electrons. The van der Waals surface area contributed by atoms with E-state index in [0.717, 1.165) is 28.4 Å². The molecule has 0 aromatic rings. The molecule has 0 aromatic heterocycles. The van der Waals surface area contributed by atoms with E-state index in [1.54, 1.807) is 0 Å². The van der Waals surface area contributed by atoms with E-state index in [9.17, 15) is 140 Å². The maximum absolute atomic E-state index is 13.5. The zero-order chi connectivity index (χ0) is 46.0. The highest BCUT2D eigenvalue weighted by Gasteiger charge is 2.81. The molecule has 0 rings (SSSR count). The van der Waals surface area contributed by atoms with Crippen molar-refractivity contribution in [3.05, 3.63) is 0 Å². The molecule has 1 N–H and O–H groups in total. The van der Waals surface area contributed by atoms with Gasteiger partial charge in [-0.3, -0.25) is 0 Å². The highest BCUT2D eigenvalue weighted by atomic mass is 19.4. The van der Waals surface area contributed by atoms with Crippen molar-refractivity contribution in [1.29, 1.82) is 0 Å². The third kappa shape index (κ3) is 11.1. The number of ether oxygens (including phenoxy) is 7. The predicted molar refractivity (Wildman–Crippen MR) is 90.0 cm³/mol. The van der Waals surface area contributed by atoms with Crippen LogP contribution in [-0.4, -0.2) is 103 Å². The summed E-state index contributed by atoms with van der Waals surface area (Å²) in [6.07, 6.45) is -126. The second-order valence-electron chi connectivity index (χ2n) is 8.83. The van der Waals surface area contributed by atoms with Gasteiger partial charge in [0.2, 0.25) is 0 Å². The molecule has 0 amide bonds. The van der Waals surface area contributed by atoms with Crippen LogP contribution >= 0.6 is 0 Å². The third-order valence-corrected chi connectivity index (χ3v) is 4.44. The average molecular weight is 930 g/mol. The molecule has 0 aromatic carbocycles. The molecule has 0 aliphatic rings. The van der Waals surface area contributed by atoms with Crippen molar-refractivity contribution in [2.75, 3.05) is 0 Å². The van der Waals surface area contributed by atoms with Crippen LogP contribution < -0.4 is 0 Å². The molecule has 1 unspecified atom stereocenters. The highest BCUT2D eigenvalue weighted by molar-refractivity contribution is 4.83. The normalized spacial score (nSPS) is 17.1. The minimum Gasteiger partial charge on any atom is -0.357 e. The molecule has 0 spiro atoms. The van der Waals surface area contributed by atoms with Crippen LogP contribution in [0.1, 0.15) is 0 Å². The van der Waals surface area contributed by atoms with E-state index in [0.29, 0.717) is 0 Å². The van der Waals surface area contributed by atoms with Gasteiger partial charge in [-0.2, -0.15) is 136 Å². The summed E-state index contributed by atoms with van der Waals surface area (Å²) in [5.41, 5.74) is 0. The van der Waals surface area contributed by atoms with E-state index in [1.165, 1.54) is 4.74 Å². The quantitative estimate of drug-likeness (QED) is 0.114. The molecule has 0 saturated heterocycles. The molecule has 0 aliphatic heterocycles. The van der Waals surface area contributed by atoms with Crippen LogP contribution in [0, 0.1) is 0 Å². The summed E-state index contributed by atoms with van der Waals surface area (Å²) in [6, 6.07) is 0.